The minimum Gasteiger partial charge on any atom is -0.0622 e. The van der Waals surface area contributed by atoms with E-state index in [1.165, 1.54) is 64.8 Å². The van der Waals surface area contributed by atoms with Gasteiger partial charge in [0.05, 0.1) is 0 Å². The maximum Gasteiger partial charge on any atom is 0.0287 e. The van der Waals surface area contributed by atoms with Crippen LogP contribution in [-0.2, 0) is 0 Å². The summed E-state index contributed by atoms with van der Waals surface area (Å²) in [5.74, 6) is 0. The Kier molecular flexibility index (Phi) is 6.94. The highest BCUT2D eigenvalue weighted by Gasteiger charge is 2.14. The van der Waals surface area contributed by atoms with Crippen LogP contribution in [0.1, 0.15) is 5.56 Å². The van der Waals surface area contributed by atoms with E-state index in [0.29, 0.717) is 0 Å². The van der Waals surface area contributed by atoms with Gasteiger partial charge in [0, 0.05) is 3.57 Å². The molecule has 38 heavy (non-hydrogen) atoms. The van der Waals surface area contributed by atoms with Crippen molar-refractivity contribution in [3.05, 3.63) is 155 Å². The van der Waals surface area contributed by atoms with Crippen LogP contribution in [0.2, 0.25) is 0 Å². The zero-order valence-corrected chi connectivity index (χ0v) is 23.4. The van der Waals surface area contributed by atoms with Crippen LogP contribution in [-0.4, -0.2) is 0 Å². The quantitative estimate of drug-likeness (QED) is 0.173. The largest absolute Gasteiger partial charge is 0.0622 e. The molecule has 0 spiro atoms. The molecule has 0 aliphatic heterocycles. The summed E-state index contributed by atoms with van der Waals surface area (Å²) in [6.45, 7) is 2.20. The SMILES string of the molecule is Cc1ccc(-c2ccccc2)cc1-c1cccc(-c2cc(-c3ccccc3)cc(-c3ccccc3)c2I)c1. The lowest BCUT2D eigenvalue weighted by atomic mass is 9.90. The van der Waals surface area contributed by atoms with Crippen LogP contribution in [0.3, 0.4) is 0 Å². The fourth-order valence-corrected chi connectivity index (χ4v) is 5.99. The van der Waals surface area contributed by atoms with Crippen LogP contribution >= 0.6 is 22.6 Å². The maximum absolute atomic E-state index is 2.53. The predicted octanol–water partition coefficient (Wildman–Crippen LogP) is 10.9. The van der Waals surface area contributed by atoms with Gasteiger partial charge in [0.15, 0.2) is 0 Å². The van der Waals surface area contributed by atoms with Crippen LogP contribution in [0.5, 0.6) is 0 Å². The smallest absolute Gasteiger partial charge is 0.0287 e. The molecule has 6 rings (SSSR count). The molecule has 0 aliphatic carbocycles. The molecule has 0 heterocycles. The summed E-state index contributed by atoms with van der Waals surface area (Å²) in [5, 5.41) is 0. The molecule has 0 N–H and O–H groups in total. The van der Waals surface area contributed by atoms with Crippen molar-refractivity contribution in [3.8, 4) is 55.6 Å². The van der Waals surface area contributed by atoms with Crippen molar-refractivity contribution in [3.63, 3.8) is 0 Å². The van der Waals surface area contributed by atoms with E-state index in [-0.39, 0.29) is 0 Å². The van der Waals surface area contributed by atoms with Gasteiger partial charge in [-0.15, -0.1) is 0 Å². The van der Waals surface area contributed by atoms with Crippen molar-refractivity contribution in [2.75, 3.05) is 0 Å². The molecule has 0 radical (unpaired) electrons. The summed E-state index contributed by atoms with van der Waals surface area (Å²) < 4.78 is 1.26. The lowest BCUT2D eigenvalue weighted by Crippen LogP contribution is -1.92. The molecule has 0 aromatic heterocycles. The molecule has 0 amide bonds. The molecular weight excluding hydrogens is 571 g/mol. The van der Waals surface area contributed by atoms with Crippen LogP contribution in [0.25, 0.3) is 55.6 Å². The highest BCUT2D eigenvalue weighted by atomic mass is 127. The average Bonchev–Trinajstić information content (AvgIpc) is 2.99. The number of aryl methyl sites for hydroxylation is 1. The second-order valence-corrected chi connectivity index (χ2v) is 10.7. The Morgan fingerprint density at radius 2 is 0.789 bits per heavy atom. The molecule has 0 nitrogen and oxygen atoms in total. The monoisotopic (exact) mass is 598 g/mol. The third-order valence-electron chi connectivity index (χ3n) is 7.09. The molecule has 1 heteroatoms. The summed E-state index contributed by atoms with van der Waals surface area (Å²) in [6, 6.07) is 52.4. The third-order valence-corrected chi connectivity index (χ3v) is 8.26. The summed E-state index contributed by atoms with van der Waals surface area (Å²) in [5.41, 5.74) is 13.7. The second kappa shape index (κ2) is 10.8. The Labute approximate surface area is 238 Å². The minimum absolute atomic E-state index is 1.23. The van der Waals surface area contributed by atoms with Gasteiger partial charge >= 0.3 is 0 Å². The van der Waals surface area contributed by atoms with E-state index < -0.39 is 0 Å². The van der Waals surface area contributed by atoms with Crippen LogP contribution < -0.4 is 0 Å². The molecule has 0 fully saturated rings. The van der Waals surface area contributed by atoms with Gasteiger partial charge in [-0.3, -0.25) is 0 Å². The highest BCUT2D eigenvalue weighted by Crippen LogP contribution is 2.39. The van der Waals surface area contributed by atoms with Gasteiger partial charge in [-0.25, -0.2) is 0 Å². The number of hydrogen-bond donors (Lipinski definition) is 0. The van der Waals surface area contributed by atoms with Crippen LogP contribution in [0.4, 0.5) is 0 Å². The summed E-state index contributed by atoms with van der Waals surface area (Å²) >= 11 is 2.53. The Morgan fingerprint density at radius 1 is 0.342 bits per heavy atom. The standard InChI is InChI=1S/C37H27I/c1-26-20-21-30(27-12-5-2-6-13-27)23-34(26)31-18-11-19-32(22-31)36-25-33(28-14-7-3-8-15-28)24-35(37(36)38)29-16-9-4-10-17-29/h2-25H,1H3. The molecule has 0 aliphatic rings. The van der Waals surface area contributed by atoms with E-state index in [0.717, 1.165) is 0 Å². The summed E-state index contributed by atoms with van der Waals surface area (Å²) in [7, 11) is 0. The molecule has 6 aromatic carbocycles. The van der Waals surface area contributed by atoms with Gasteiger partial charge in [-0.2, -0.15) is 0 Å². The molecular formula is C37H27I. The van der Waals surface area contributed by atoms with Gasteiger partial charge in [-0.05, 0) is 115 Å². The first-order valence-corrected chi connectivity index (χ1v) is 14.0. The Morgan fingerprint density at radius 3 is 1.39 bits per heavy atom. The predicted molar refractivity (Wildman–Crippen MR) is 171 cm³/mol. The van der Waals surface area contributed by atoms with Crippen molar-refractivity contribution in [1.82, 2.24) is 0 Å². The molecule has 0 bridgehead atoms. The molecule has 182 valence electrons. The zero-order valence-electron chi connectivity index (χ0n) is 21.2. The Hall–Kier alpha value is -3.95. The van der Waals surface area contributed by atoms with E-state index in [1.807, 2.05) is 0 Å². The fourth-order valence-electron chi connectivity index (χ4n) is 5.06. The van der Waals surface area contributed by atoms with E-state index in [2.05, 4.69) is 175 Å². The van der Waals surface area contributed by atoms with E-state index in [1.54, 1.807) is 0 Å². The fraction of sp³-hybridized carbons (Fsp3) is 0.0270. The number of rotatable bonds is 5. The van der Waals surface area contributed by atoms with Crippen LogP contribution in [0, 0.1) is 10.5 Å². The minimum atomic E-state index is 1.23. The number of hydrogen-bond acceptors (Lipinski definition) is 0. The maximum atomic E-state index is 2.53. The van der Waals surface area contributed by atoms with Gasteiger partial charge in [0.1, 0.15) is 0 Å². The first-order chi connectivity index (χ1) is 18.7. The Balaban J connectivity index is 1.51. The molecule has 6 aromatic rings. The van der Waals surface area contributed by atoms with Crippen molar-refractivity contribution in [2.45, 2.75) is 6.92 Å². The van der Waals surface area contributed by atoms with Gasteiger partial charge in [0.25, 0.3) is 0 Å². The first kappa shape index (κ1) is 24.4. The molecule has 0 saturated heterocycles. The second-order valence-electron chi connectivity index (χ2n) is 9.59. The molecule has 0 unspecified atom stereocenters. The van der Waals surface area contributed by atoms with E-state index >= 15 is 0 Å². The number of halogens is 1. The van der Waals surface area contributed by atoms with Gasteiger partial charge in [-0.1, -0.05) is 121 Å². The van der Waals surface area contributed by atoms with Crippen molar-refractivity contribution < 1.29 is 0 Å². The van der Waals surface area contributed by atoms with Gasteiger partial charge < -0.3 is 0 Å². The third kappa shape index (κ3) is 4.94. The lowest BCUT2D eigenvalue weighted by molar-refractivity contribution is 1.45. The first-order valence-electron chi connectivity index (χ1n) is 12.9. The van der Waals surface area contributed by atoms with Gasteiger partial charge in [0.2, 0.25) is 0 Å². The number of benzene rings is 6. The van der Waals surface area contributed by atoms with Crippen molar-refractivity contribution >= 4 is 22.6 Å². The normalized spacial score (nSPS) is 10.9. The van der Waals surface area contributed by atoms with Crippen molar-refractivity contribution in [2.24, 2.45) is 0 Å². The van der Waals surface area contributed by atoms with E-state index in [4.69, 9.17) is 0 Å². The average molecular weight is 599 g/mol. The Bertz CT molecular complexity index is 1700. The topological polar surface area (TPSA) is 0 Å². The lowest BCUT2D eigenvalue weighted by Gasteiger charge is -2.16. The molecule has 0 atom stereocenters. The summed E-state index contributed by atoms with van der Waals surface area (Å²) in [4.78, 5) is 0. The van der Waals surface area contributed by atoms with Crippen LogP contribution in [0.15, 0.2) is 146 Å². The molecule has 0 saturated carbocycles. The van der Waals surface area contributed by atoms with E-state index in [9.17, 15) is 0 Å². The highest BCUT2D eigenvalue weighted by molar-refractivity contribution is 14.1. The summed E-state index contributed by atoms with van der Waals surface area (Å²) in [6.07, 6.45) is 0. The van der Waals surface area contributed by atoms with Crippen molar-refractivity contribution in [1.29, 1.82) is 0 Å². The zero-order chi connectivity index (χ0) is 25.9.